The summed E-state index contributed by atoms with van der Waals surface area (Å²) in [4.78, 5) is 40.7. The maximum Gasteiger partial charge on any atom is 0.420 e. The lowest BCUT2D eigenvalue weighted by Gasteiger charge is -2.32. The van der Waals surface area contributed by atoms with Crippen molar-refractivity contribution in [3.8, 4) is 0 Å². The van der Waals surface area contributed by atoms with E-state index in [1.54, 1.807) is 26.6 Å². The molecule has 0 amide bonds. The number of benzene rings is 1. The molecule has 1 atom stereocenters. The van der Waals surface area contributed by atoms with Crippen molar-refractivity contribution < 1.29 is 37.8 Å². The van der Waals surface area contributed by atoms with Crippen molar-refractivity contribution in [2.75, 3.05) is 20.3 Å². The monoisotopic (exact) mass is 464 g/mol. The van der Waals surface area contributed by atoms with Gasteiger partial charge in [-0.15, -0.1) is 0 Å². The lowest BCUT2D eigenvalue weighted by atomic mass is 9.90. The van der Waals surface area contributed by atoms with Crippen LogP contribution in [0, 0.1) is 0 Å². The first-order valence-electron chi connectivity index (χ1n) is 10.4. The van der Waals surface area contributed by atoms with E-state index in [1.807, 2.05) is 30.3 Å². The summed E-state index contributed by atoms with van der Waals surface area (Å²) < 4.78 is 21.4. The molecule has 0 spiro atoms. The van der Waals surface area contributed by atoms with Gasteiger partial charge in [0.2, 0.25) is 0 Å². The molecule has 0 radical (unpaired) electrons. The Kier molecular flexibility index (Phi) is 11.1. The molecule has 32 heavy (non-hydrogen) atoms. The summed E-state index contributed by atoms with van der Waals surface area (Å²) >= 11 is 0. The first-order valence-corrected chi connectivity index (χ1v) is 13.8. The van der Waals surface area contributed by atoms with Crippen LogP contribution in [-0.2, 0) is 39.6 Å². The summed E-state index contributed by atoms with van der Waals surface area (Å²) in [5.41, 5.74) is 7.86. The summed E-state index contributed by atoms with van der Waals surface area (Å²) in [5.74, 6) is -2.15. The number of carbonyl (C=O) groups excluding carboxylic acids is 3. The second kappa shape index (κ2) is 13.0. The summed E-state index contributed by atoms with van der Waals surface area (Å²) in [6, 6.07) is 9.55. The van der Waals surface area contributed by atoms with Gasteiger partial charge < -0.3 is 24.2 Å². The number of Topliss-reactive ketones (excluding diaryl/α,β-unsaturated/α-hetero) is 1. The van der Waals surface area contributed by atoms with Gasteiger partial charge in [0, 0.05) is 19.3 Å². The molecule has 0 aliphatic carbocycles. The van der Waals surface area contributed by atoms with Crippen LogP contribution < -0.4 is 0 Å². The fourth-order valence-electron chi connectivity index (χ4n) is 3.02. The van der Waals surface area contributed by atoms with Crippen LogP contribution in [0.1, 0.15) is 31.7 Å². The van der Waals surface area contributed by atoms with Gasteiger partial charge in [-0.05, 0) is 32.1 Å². The number of hydrogen-bond acceptors (Lipinski definition) is 7. The number of ketones is 1. The molecular weight excluding hydrogens is 432 g/mol. The lowest BCUT2D eigenvalue weighted by molar-refractivity contribution is -0.162. The Balaban J connectivity index is 2.94. The fraction of sp³-hybridized carbons (Fsp3) is 0.545. The molecule has 0 N–H and O–H groups in total. The molecule has 176 valence electrons. The summed E-state index contributed by atoms with van der Waals surface area (Å²) in [5, 5.41) is 0. The van der Waals surface area contributed by atoms with Gasteiger partial charge in [0.05, 0.1) is 26.9 Å². The van der Waals surface area contributed by atoms with Gasteiger partial charge in [0.25, 0.3) is 5.60 Å². The summed E-state index contributed by atoms with van der Waals surface area (Å²) in [6.07, 6.45) is -0.242. The molecule has 10 heteroatoms. The molecule has 1 unspecified atom stereocenters. The maximum atomic E-state index is 12.8. The number of esters is 2. The van der Waals surface area contributed by atoms with Crippen molar-refractivity contribution in [3.63, 3.8) is 0 Å². The lowest BCUT2D eigenvalue weighted by Crippen LogP contribution is -2.58. The molecular formula is C22H32N2O7Si. The third-order valence-corrected chi connectivity index (χ3v) is 5.30. The van der Waals surface area contributed by atoms with Crippen LogP contribution in [0.5, 0.6) is 0 Å². The topological polar surface area (TPSA) is 125 Å². The van der Waals surface area contributed by atoms with Gasteiger partial charge in [-0.25, -0.2) is 9.59 Å². The van der Waals surface area contributed by atoms with E-state index >= 15 is 0 Å². The number of carbonyl (C=O) groups is 3. The molecule has 1 aromatic rings. The normalized spacial score (nSPS) is 12.9. The van der Waals surface area contributed by atoms with Crippen LogP contribution in [0.4, 0.5) is 0 Å². The highest BCUT2D eigenvalue weighted by Crippen LogP contribution is 2.28. The van der Waals surface area contributed by atoms with Gasteiger partial charge in [0.15, 0.2) is 8.32 Å². The number of nitrogens with zero attached hydrogens (tertiary/aromatic N) is 2. The second-order valence-electron chi connectivity index (χ2n) is 8.03. The molecule has 9 nitrogen and oxygen atoms in total. The highest BCUT2D eigenvalue weighted by atomic mass is 28.4. The zero-order valence-electron chi connectivity index (χ0n) is 19.4. The number of rotatable bonds is 14. The van der Waals surface area contributed by atoms with Crippen molar-refractivity contribution in [2.45, 2.75) is 58.0 Å². The van der Waals surface area contributed by atoms with E-state index in [2.05, 4.69) is 4.79 Å². The standard InChI is InChI=1S/C22H32N2O7Si/c1-6-30-20(26)19(24-23)22(21(27)28-2,31-32(3,4)5)14-12-18(25)13-15-29-16-17-10-8-7-9-11-17/h7-11H,6,12-16H2,1-5H3. The van der Waals surface area contributed by atoms with Crippen molar-refractivity contribution in [1.29, 1.82) is 0 Å². The smallest absolute Gasteiger partial charge is 0.420 e. The Morgan fingerprint density at radius 2 is 1.75 bits per heavy atom. The molecule has 0 heterocycles. The number of hydrogen-bond donors (Lipinski definition) is 0. The average Bonchev–Trinajstić information content (AvgIpc) is 2.74. The van der Waals surface area contributed by atoms with Crippen LogP contribution in [0.25, 0.3) is 5.53 Å². The van der Waals surface area contributed by atoms with E-state index in [0.29, 0.717) is 6.61 Å². The molecule has 1 rings (SSSR count). The zero-order valence-corrected chi connectivity index (χ0v) is 20.4. The van der Waals surface area contributed by atoms with Crippen LogP contribution in [0.2, 0.25) is 19.6 Å². The highest BCUT2D eigenvalue weighted by molar-refractivity contribution is 6.70. The third-order valence-electron chi connectivity index (χ3n) is 4.34. The van der Waals surface area contributed by atoms with Gasteiger partial charge in [-0.3, -0.25) is 4.79 Å². The maximum absolute atomic E-state index is 12.8. The fourth-order valence-corrected chi connectivity index (χ4v) is 4.35. The largest absolute Gasteiger partial charge is 0.466 e. The number of ether oxygens (including phenoxy) is 3. The Hall–Kier alpha value is -2.65. The zero-order chi connectivity index (χ0) is 24.2. The van der Waals surface area contributed by atoms with E-state index in [9.17, 15) is 19.9 Å². The Morgan fingerprint density at radius 1 is 1.09 bits per heavy atom. The van der Waals surface area contributed by atoms with E-state index in [4.69, 9.17) is 18.6 Å². The molecule has 0 aliphatic rings. The van der Waals surface area contributed by atoms with Crippen molar-refractivity contribution in [3.05, 3.63) is 41.4 Å². The van der Waals surface area contributed by atoms with Gasteiger partial charge in [-0.2, -0.15) is 4.79 Å². The first-order chi connectivity index (χ1) is 15.1. The van der Waals surface area contributed by atoms with E-state index in [0.717, 1.165) is 12.7 Å². The molecule has 0 aromatic heterocycles. The first kappa shape index (κ1) is 27.4. The third kappa shape index (κ3) is 8.47. The SMILES string of the molecule is CCOC(=O)C(=[N+]=[N-])C(CCC(=O)CCOCc1ccccc1)(O[Si](C)(C)C)C(=O)OC. The number of methoxy groups -OCH3 is 1. The Morgan fingerprint density at radius 3 is 2.28 bits per heavy atom. The van der Waals surface area contributed by atoms with Crippen LogP contribution in [-0.4, -0.2) is 62.5 Å². The highest BCUT2D eigenvalue weighted by Gasteiger charge is 2.58. The van der Waals surface area contributed by atoms with Crippen LogP contribution >= 0.6 is 0 Å². The van der Waals surface area contributed by atoms with E-state index < -0.39 is 31.6 Å². The molecule has 0 aliphatic heterocycles. The van der Waals surface area contributed by atoms with Gasteiger partial charge in [-0.1, -0.05) is 30.3 Å². The average molecular weight is 465 g/mol. The van der Waals surface area contributed by atoms with Gasteiger partial charge in [0.1, 0.15) is 5.78 Å². The quantitative estimate of drug-likeness (QED) is 0.103. The predicted octanol–water partition coefficient (Wildman–Crippen LogP) is 2.94. The van der Waals surface area contributed by atoms with Crippen molar-refractivity contribution >= 4 is 31.8 Å². The second-order valence-corrected chi connectivity index (χ2v) is 12.5. The predicted molar refractivity (Wildman–Crippen MR) is 119 cm³/mol. The van der Waals surface area contributed by atoms with E-state index in [1.165, 1.54) is 0 Å². The molecule has 0 saturated carbocycles. The summed E-state index contributed by atoms with van der Waals surface area (Å²) in [7, 11) is -1.37. The van der Waals surface area contributed by atoms with Crippen molar-refractivity contribution in [2.24, 2.45) is 0 Å². The molecule has 0 saturated heterocycles. The molecule has 0 bridgehead atoms. The van der Waals surface area contributed by atoms with Gasteiger partial charge >= 0.3 is 17.7 Å². The van der Waals surface area contributed by atoms with Crippen molar-refractivity contribution in [1.82, 2.24) is 0 Å². The van der Waals surface area contributed by atoms with Crippen LogP contribution in [0.3, 0.4) is 0 Å². The Bertz CT molecular complexity index is 832. The Labute approximate surface area is 189 Å². The molecule has 0 fully saturated rings. The summed E-state index contributed by atoms with van der Waals surface area (Å²) in [6.45, 7) is 7.54. The van der Waals surface area contributed by atoms with E-state index in [-0.39, 0.29) is 38.3 Å². The minimum absolute atomic E-state index is 0.000262. The minimum Gasteiger partial charge on any atom is -0.466 e. The van der Waals surface area contributed by atoms with Crippen LogP contribution in [0.15, 0.2) is 30.3 Å². The molecule has 1 aromatic carbocycles. The minimum atomic E-state index is -2.50.